The number of amides is 1. The van der Waals surface area contributed by atoms with E-state index in [9.17, 15) is 9.59 Å². The molecular weight excluding hydrogens is 246 g/mol. The molecule has 102 valence electrons. The Balaban J connectivity index is 2.72. The Hall–Kier alpha value is -2.30. The second-order valence-electron chi connectivity index (χ2n) is 3.88. The minimum Gasteiger partial charge on any atom is -0.487 e. The Kier molecular flexibility index (Phi) is 5.60. The third kappa shape index (κ3) is 4.83. The molecule has 1 rings (SSSR count). The lowest BCUT2D eigenvalue weighted by molar-refractivity contribution is -0.132. The molecule has 0 radical (unpaired) electrons. The van der Waals surface area contributed by atoms with Gasteiger partial charge in [-0.05, 0) is 24.6 Å². The number of aliphatic carboxylic acids is 1. The van der Waals surface area contributed by atoms with Gasteiger partial charge in [0.25, 0.3) is 0 Å². The maximum absolute atomic E-state index is 11.0. The lowest BCUT2D eigenvalue weighted by Gasteiger charge is -2.10. The number of para-hydroxylation sites is 2. The zero-order valence-electron chi connectivity index (χ0n) is 11.0. The molecule has 5 nitrogen and oxygen atoms in total. The van der Waals surface area contributed by atoms with E-state index in [4.69, 9.17) is 9.84 Å². The molecule has 1 aromatic rings. The second-order valence-corrected chi connectivity index (χ2v) is 3.88. The predicted octanol–water partition coefficient (Wildman–Crippen LogP) is 2.44. The number of ether oxygens (including phenoxy) is 1. The van der Waals surface area contributed by atoms with Crippen molar-refractivity contribution in [2.75, 3.05) is 11.9 Å². The maximum atomic E-state index is 11.0. The third-order valence-electron chi connectivity index (χ3n) is 2.42. The van der Waals surface area contributed by atoms with Crippen LogP contribution in [0, 0.1) is 0 Å². The number of benzene rings is 1. The standard InChI is InChI=1S/C14H17NO4/c1-3-11(14(17)18)8-9-19-13-7-5-4-6-12(13)15-10(2)16/h4-8H,3,9H2,1-2H3,(H,15,16)(H,17,18). The fraction of sp³-hybridized carbons (Fsp3) is 0.286. The first-order valence-electron chi connectivity index (χ1n) is 5.96. The van der Waals surface area contributed by atoms with Crippen LogP contribution >= 0.6 is 0 Å². The molecule has 0 fully saturated rings. The number of carbonyl (C=O) groups excluding carboxylic acids is 1. The molecule has 0 aromatic heterocycles. The zero-order valence-corrected chi connectivity index (χ0v) is 11.0. The smallest absolute Gasteiger partial charge is 0.331 e. The molecule has 0 spiro atoms. The molecule has 19 heavy (non-hydrogen) atoms. The summed E-state index contributed by atoms with van der Waals surface area (Å²) in [5, 5.41) is 11.5. The summed E-state index contributed by atoms with van der Waals surface area (Å²) < 4.78 is 5.47. The summed E-state index contributed by atoms with van der Waals surface area (Å²) in [6.45, 7) is 3.33. The van der Waals surface area contributed by atoms with E-state index in [0.29, 0.717) is 23.4 Å². The van der Waals surface area contributed by atoms with E-state index in [1.54, 1.807) is 31.2 Å². The van der Waals surface area contributed by atoms with Crippen molar-refractivity contribution in [1.29, 1.82) is 0 Å². The van der Waals surface area contributed by atoms with E-state index in [1.807, 2.05) is 0 Å². The van der Waals surface area contributed by atoms with Crippen molar-refractivity contribution >= 4 is 17.6 Å². The molecular formula is C14H17NO4. The van der Waals surface area contributed by atoms with Crippen LogP contribution in [0.5, 0.6) is 5.75 Å². The third-order valence-corrected chi connectivity index (χ3v) is 2.42. The van der Waals surface area contributed by atoms with Crippen molar-refractivity contribution in [2.24, 2.45) is 0 Å². The number of rotatable bonds is 6. The van der Waals surface area contributed by atoms with Gasteiger partial charge in [-0.15, -0.1) is 0 Å². The number of hydrogen-bond donors (Lipinski definition) is 2. The van der Waals surface area contributed by atoms with Crippen molar-refractivity contribution in [1.82, 2.24) is 0 Å². The van der Waals surface area contributed by atoms with Crippen LogP contribution in [0.3, 0.4) is 0 Å². The molecule has 0 saturated heterocycles. The van der Waals surface area contributed by atoms with Crippen molar-refractivity contribution < 1.29 is 19.4 Å². The van der Waals surface area contributed by atoms with Crippen LogP contribution in [-0.2, 0) is 9.59 Å². The highest BCUT2D eigenvalue weighted by Gasteiger charge is 2.05. The summed E-state index contributed by atoms with van der Waals surface area (Å²) in [6.07, 6.45) is 1.96. The van der Waals surface area contributed by atoms with Gasteiger partial charge >= 0.3 is 5.97 Å². The van der Waals surface area contributed by atoms with Crippen LogP contribution < -0.4 is 10.1 Å². The van der Waals surface area contributed by atoms with Gasteiger partial charge in [-0.3, -0.25) is 4.79 Å². The Morgan fingerprint density at radius 3 is 2.63 bits per heavy atom. The molecule has 5 heteroatoms. The molecule has 0 atom stereocenters. The highest BCUT2D eigenvalue weighted by molar-refractivity contribution is 5.90. The summed E-state index contributed by atoms with van der Waals surface area (Å²) in [6, 6.07) is 6.99. The molecule has 2 N–H and O–H groups in total. The monoisotopic (exact) mass is 263 g/mol. The number of nitrogens with one attached hydrogen (secondary N) is 1. The van der Waals surface area contributed by atoms with Crippen LogP contribution in [0.25, 0.3) is 0 Å². The van der Waals surface area contributed by atoms with Gasteiger partial charge in [-0.2, -0.15) is 0 Å². The van der Waals surface area contributed by atoms with Crippen molar-refractivity contribution in [3.8, 4) is 5.75 Å². The van der Waals surface area contributed by atoms with Crippen molar-refractivity contribution in [2.45, 2.75) is 20.3 Å². The van der Waals surface area contributed by atoms with E-state index in [1.165, 1.54) is 13.0 Å². The molecule has 0 saturated carbocycles. The molecule has 0 heterocycles. The number of carboxylic acid groups (broad SMARTS) is 1. The van der Waals surface area contributed by atoms with Gasteiger partial charge in [0.1, 0.15) is 12.4 Å². The lowest BCUT2D eigenvalue weighted by atomic mass is 10.2. The molecule has 0 aliphatic rings. The van der Waals surface area contributed by atoms with Crippen LogP contribution in [0.4, 0.5) is 5.69 Å². The summed E-state index contributed by atoms with van der Waals surface area (Å²) in [7, 11) is 0. The fourth-order valence-corrected chi connectivity index (χ4v) is 1.50. The number of carboxylic acids is 1. The van der Waals surface area contributed by atoms with E-state index in [2.05, 4.69) is 5.32 Å². The highest BCUT2D eigenvalue weighted by atomic mass is 16.5. The average Bonchev–Trinajstić information content (AvgIpc) is 2.35. The maximum Gasteiger partial charge on any atom is 0.331 e. The second kappa shape index (κ2) is 7.20. The Morgan fingerprint density at radius 2 is 2.05 bits per heavy atom. The molecule has 0 aliphatic heterocycles. The van der Waals surface area contributed by atoms with Crippen molar-refractivity contribution in [3.05, 3.63) is 35.9 Å². The van der Waals surface area contributed by atoms with Gasteiger partial charge in [0.2, 0.25) is 5.91 Å². The molecule has 0 aliphatic carbocycles. The van der Waals surface area contributed by atoms with E-state index >= 15 is 0 Å². The van der Waals surface area contributed by atoms with Gasteiger partial charge in [-0.25, -0.2) is 4.79 Å². The summed E-state index contributed by atoms with van der Waals surface area (Å²) >= 11 is 0. The minimum absolute atomic E-state index is 0.145. The van der Waals surface area contributed by atoms with Crippen LogP contribution in [0.1, 0.15) is 20.3 Å². The fourth-order valence-electron chi connectivity index (χ4n) is 1.50. The molecule has 0 unspecified atom stereocenters. The number of anilines is 1. The predicted molar refractivity (Wildman–Crippen MR) is 72.3 cm³/mol. The molecule has 0 bridgehead atoms. The Labute approximate surface area is 111 Å². The highest BCUT2D eigenvalue weighted by Crippen LogP contribution is 2.23. The van der Waals surface area contributed by atoms with Crippen LogP contribution in [0.15, 0.2) is 35.9 Å². The van der Waals surface area contributed by atoms with Gasteiger partial charge in [0.05, 0.1) is 5.69 Å². The zero-order chi connectivity index (χ0) is 14.3. The van der Waals surface area contributed by atoms with Crippen LogP contribution in [0.2, 0.25) is 0 Å². The Bertz CT molecular complexity index is 494. The van der Waals surface area contributed by atoms with Gasteiger partial charge in [-0.1, -0.05) is 19.1 Å². The minimum atomic E-state index is -0.943. The van der Waals surface area contributed by atoms with E-state index in [-0.39, 0.29) is 12.5 Å². The van der Waals surface area contributed by atoms with E-state index < -0.39 is 5.97 Å². The van der Waals surface area contributed by atoms with Gasteiger partial charge < -0.3 is 15.2 Å². The average molecular weight is 263 g/mol. The van der Waals surface area contributed by atoms with Gasteiger partial charge in [0, 0.05) is 12.5 Å². The number of carbonyl (C=O) groups is 2. The number of hydrogen-bond acceptors (Lipinski definition) is 3. The summed E-state index contributed by atoms with van der Waals surface area (Å²) in [4.78, 5) is 21.8. The molecule has 1 aromatic carbocycles. The first kappa shape index (κ1) is 14.8. The quantitative estimate of drug-likeness (QED) is 0.773. The first-order chi connectivity index (χ1) is 9.04. The molecule has 1 amide bonds. The first-order valence-corrected chi connectivity index (χ1v) is 5.96. The summed E-state index contributed by atoms with van der Waals surface area (Å²) in [5.41, 5.74) is 0.869. The normalized spacial score (nSPS) is 10.9. The largest absolute Gasteiger partial charge is 0.487 e. The SMILES string of the molecule is CCC(=CCOc1ccccc1NC(C)=O)C(=O)O. The van der Waals surface area contributed by atoms with E-state index in [0.717, 1.165) is 0 Å². The van der Waals surface area contributed by atoms with Gasteiger partial charge in [0.15, 0.2) is 0 Å². The topological polar surface area (TPSA) is 75.6 Å². The van der Waals surface area contributed by atoms with Crippen molar-refractivity contribution in [3.63, 3.8) is 0 Å². The Morgan fingerprint density at radius 1 is 1.37 bits per heavy atom. The lowest BCUT2D eigenvalue weighted by Crippen LogP contribution is -2.08. The van der Waals surface area contributed by atoms with Crippen LogP contribution in [-0.4, -0.2) is 23.6 Å². The summed E-state index contributed by atoms with van der Waals surface area (Å²) in [5.74, 6) is -0.623.